The molecule has 0 fully saturated rings. The number of nitro benzene ring substituents is 1. The van der Waals surface area contributed by atoms with Gasteiger partial charge in [0, 0.05) is 29.8 Å². The second kappa shape index (κ2) is 7.81. The third-order valence-electron chi connectivity index (χ3n) is 3.79. The van der Waals surface area contributed by atoms with E-state index in [0.29, 0.717) is 5.56 Å². The second-order valence-corrected chi connectivity index (χ2v) is 6.10. The molecular weight excluding hydrogens is 397 g/mol. The van der Waals surface area contributed by atoms with Gasteiger partial charge in [-0.05, 0) is 12.1 Å². The van der Waals surface area contributed by atoms with E-state index in [9.17, 15) is 23.3 Å². The van der Waals surface area contributed by atoms with Crippen LogP contribution in [0.2, 0.25) is 5.15 Å². The van der Waals surface area contributed by atoms with E-state index < -0.39 is 16.7 Å². The van der Waals surface area contributed by atoms with Crippen LogP contribution in [-0.4, -0.2) is 14.9 Å². The van der Waals surface area contributed by atoms with Gasteiger partial charge in [0.2, 0.25) is 0 Å². The van der Waals surface area contributed by atoms with Crippen LogP contribution in [0, 0.1) is 10.1 Å². The maximum Gasteiger partial charge on any atom is 0.416 e. The first-order valence-electron chi connectivity index (χ1n) is 7.92. The molecule has 3 rings (SSSR count). The number of hydrogen-bond acceptors (Lipinski definition) is 5. The minimum atomic E-state index is -4.50. The maximum absolute atomic E-state index is 12.9. The fourth-order valence-corrected chi connectivity index (χ4v) is 2.68. The summed E-state index contributed by atoms with van der Waals surface area (Å²) in [7, 11) is 0. The van der Waals surface area contributed by atoms with Crippen LogP contribution in [-0.2, 0) is 12.7 Å². The Labute approximate surface area is 162 Å². The highest BCUT2D eigenvalue weighted by Gasteiger charge is 2.30. The molecule has 0 unspecified atom stereocenters. The molecule has 0 radical (unpaired) electrons. The van der Waals surface area contributed by atoms with Gasteiger partial charge >= 0.3 is 6.18 Å². The molecule has 0 aliphatic rings. The fourth-order valence-electron chi connectivity index (χ4n) is 2.50. The fraction of sp³-hybridized carbons (Fsp3) is 0.111. The molecule has 0 saturated carbocycles. The number of hydrogen-bond donors (Lipinski definition) is 1. The molecule has 3 aromatic rings. The number of alkyl halides is 3. The first-order chi connectivity index (χ1) is 13.2. The van der Waals surface area contributed by atoms with Crippen LogP contribution in [0.5, 0.6) is 0 Å². The van der Waals surface area contributed by atoms with Crippen molar-refractivity contribution in [1.82, 2.24) is 9.97 Å². The van der Waals surface area contributed by atoms with Crippen molar-refractivity contribution in [2.75, 3.05) is 5.32 Å². The van der Waals surface area contributed by atoms with Gasteiger partial charge in [-0.1, -0.05) is 41.9 Å². The molecule has 0 saturated heterocycles. The highest BCUT2D eigenvalue weighted by atomic mass is 35.5. The minimum Gasteiger partial charge on any atom is -0.366 e. The molecule has 28 heavy (non-hydrogen) atoms. The first kappa shape index (κ1) is 19.6. The van der Waals surface area contributed by atoms with Gasteiger partial charge in [0.15, 0.2) is 5.82 Å². The van der Waals surface area contributed by atoms with Crippen LogP contribution < -0.4 is 5.32 Å². The average molecular weight is 409 g/mol. The molecule has 0 aliphatic heterocycles. The summed E-state index contributed by atoms with van der Waals surface area (Å²) < 4.78 is 38.8. The topological polar surface area (TPSA) is 81.0 Å². The van der Waals surface area contributed by atoms with Crippen molar-refractivity contribution in [3.63, 3.8) is 0 Å². The lowest BCUT2D eigenvalue weighted by Crippen LogP contribution is -2.06. The minimum absolute atomic E-state index is 0.00339. The monoisotopic (exact) mass is 408 g/mol. The number of halogens is 4. The molecule has 1 aromatic heterocycles. The zero-order valence-electron chi connectivity index (χ0n) is 14.1. The summed E-state index contributed by atoms with van der Waals surface area (Å²) in [5.41, 5.74) is -0.329. The lowest BCUT2D eigenvalue weighted by molar-refractivity contribution is -0.385. The zero-order chi connectivity index (χ0) is 20.3. The summed E-state index contributed by atoms with van der Waals surface area (Å²) in [6.45, 7) is 0.0759. The number of para-hydroxylation sites is 1. The Morgan fingerprint density at radius 1 is 1.07 bits per heavy atom. The van der Waals surface area contributed by atoms with E-state index in [0.717, 1.165) is 12.1 Å². The highest BCUT2D eigenvalue weighted by Crippen LogP contribution is 2.32. The van der Waals surface area contributed by atoms with E-state index in [1.54, 1.807) is 18.2 Å². The van der Waals surface area contributed by atoms with E-state index in [-0.39, 0.29) is 34.6 Å². The molecule has 144 valence electrons. The average Bonchev–Trinajstić information content (AvgIpc) is 2.65. The molecule has 0 amide bonds. The summed E-state index contributed by atoms with van der Waals surface area (Å²) in [4.78, 5) is 18.7. The Kier molecular flexibility index (Phi) is 5.46. The lowest BCUT2D eigenvalue weighted by atomic mass is 10.1. The van der Waals surface area contributed by atoms with Crippen molar-refractivity contribution in [3.05, 3.63) is 81.0 Å². The van der Waals surface area contributed by atoms with Gasteiger partial charge < -0.3 is 5.32 Å². The van der Waals surface area contributed by atoms with Crippen LogP contribution in [0.1, 0.15) is 11.1 Å². The van der Waals surface area contributed by atoms with Crippen molar-refractivity contribution in [2.24, 2.45) is 0 Å². The number of nitrogens with zero attached hydrogens (tertiary/aromatic N) is 3. The summed E-state index contributed by atoms with van der Waals surface area (Å²) >= 11 is 5.97. The van der Waals surface area contributed by atoms with Crippen LogP contribution in [0.3, 0.4) is 0 Å². The third kappa shape index (κ3) is 4.55. The number of nitrogens with one attached hydrogen (secondary N) is 1. The van der Waals surface area contributed by atoms with Crippen molar-refractivity contribution in [2.45, 2.75) is 12.7 Å². The molecule has 0 aliphatic carbocycles. The predicted molar refractivity (Wildman–Crippen MR) is 97.9 cm³/mol. The molecule has 1 N–H and O–H groups in total. The van der Waals surface area contributed by atoms with Gasteiger partial charge in [0.05, 0.1) is 10.5 Å². The highest BCUT2D eigenvalue weighted by molar-refractivity contribution is 6.29. The SMILES string of the molecule is O=[N+]([O-])c1ccccc1CNc1cc(Cl)nc(-c2cccc(C(F)(F)F)c2)n1. The van der Waals surface area contributed by atoms with Gasteiger partial charge in [-0.2, -0.15) is 13.2 Å². The van der Waals surface area contributed by atoms with Crippen LogP contribution in [0.15, 0.2) is 54.6 Å². The quantitative estimate of drug-likeness (QED) is 0.350. The van der Waals surface area contributed by atoms with Gasteiger partial charge in [-0.15, -0.1) is 0 Å². The van der Waals surface area contributed by atoms with Crippen LogP contribution >= 0.6 is 11.6 Å². The van der Waals surface area contributed by atoms with E-state index in [1.165, 1.54) is 24.3 Å². The van der Waals surface area contributed by atoms with Gasteiger partial charge in [-0.25, -0.2) is 9.97 Å². The van der Waals surface area contributed by atoms with E-state index in [1.807, 2.05) is 0 Å². The number of rotatable bonds is 5. The molecule has 2 aromatic carbocycles. The summed E-state index contributed by atoms with van der Waals surface area (Å²) in [6.07, 6.45) is -4.50. The Morgan fingerprint density at radius 3 is 2.54 bits per heavy atom. The Morgan fingerprint density at radius 2 is 1.82 bits per heavy atom. The smallest absolute Gasteiger partial charge is 0.366 e. The van der Waals surface area contributed by atoms with Gasteiger partial charge in [0.1, 0.15) is 11.0 Å². The van der Waals surface area contributed by atoms with Crippen molar-refractivity contribution < 1.29 is 18.1 Å². The number of aromatic nitrogens is 2. The number of anilines is 1. The van der Waals surface area contributed by atoms with E-state index >= 15 is 0 Å². The van der Waals surface area contributed by atoms with Crippen molar-refractivity contribution in [3.8, 4) is 11.4 Å². The molecular formula is C18H12ClF3N4O2. The van der Waals surface area contributed by atoms with Crippen molar-refractivity contribution >= 4 is 23.1 Å². The zero-order valence-corrected chi connectivity index (χ0v) is 14.8. The maximum atomic E-state index is 12.9. The number of nitro groups is 1. The van der Waals surface area contributed by atoms with Crippen LogP contribution in [0.25, 0.3) is 11.4 Å². The molecule has 0 atom stereocenters. The van der Waals surface area contributed by atoms with E-state index in [2.05, 4.69) is 15.3 Å². The Balaban J connectivity index is 1.88. The molecule has 0 spiro atoms. The van der Waals surface area contributed by atoms with Crippen LogP contribution in [0.4, 0.5) is 24.7 Å². The van der Waals surface area contributed by atoms with Gasteiger partial charge in [0.25, 0.3) is 5.69 Å². The summed E-state index contributed by atoms with van der Waals surface area (Å²) in [5.74, 6) is 0.231. The Hall–Kier alpha value is -3.20. The van der Waals surface area contributed by atoms with Gasteiger partial charge in [-0.3, -0.25) is 10.1 Å². The lowest BCUT2D eigenvalue weighted by Gasteiger charge is -2.10. The standard InChI is InChI=1S/C18H12ClF3N4O2/c19-15-9-16(23-10-12-4-1-2-7-14(12)26(27)28)25-17(24-15)11-5-3-6-13(8-11)18(20,21)22/h1-9H,10H2,(H,23,24,25). The normalized spacial score (nSPS) is 11.3. The van der Waals surface area contributed by atoms with Crippen molar-refractivity contribution in [1.29, 1.82) is 0 Å². The molecule has 0 bridgehead atoms. The second-order valence-electron chi connectivity index (χ2n) is 5.72. The molecule has 1 heterocycles. The van der Waals surface area contributed by atoms with E-state index in [4.69, 9.17) is 11.6 Å². The summed E-state index contributed by atoms with van der Waals surface area (Å²) in [6, 6.07) is 12.1. The molecule has 6 nitrogen and oxygen atoms in total. The molecule has 10 heteroatoms. The Bertz CT molecular complexity index is 1030. The summed E-state index contributed by atoms with van der Waals surface area (Å²) in [5, 5.41) is 14.0. The largest absolute Gasteiger partial charge is 0.416 e. The third-order valence-corrected chi connectivity index (χ3v) is 3.98. The number of benzene rings is 2. The first-order valence-corrected chi connectivity index (χ1v) is 8.30. The predicted octanol–water partition coefficient (Wildman–Crippen LogP) is 5.34.